The Bertz CT molecular complexity index is 914. The van der Waals surface area contributed by atoms with Crippen molar-refractivity contribution in [2.24, 2.45) is 0 Å². The van der Waals surface area contributed by atoms with Gasteiger partial charge in [0.1, 0.15) is 6.54 Å². The first-order chi connectivity index (χ1) is 16.3. The van der Waals surface area contributed by atoms with E-state index in [1.807, 2.05) is 11.0 Å². The Kier molecular flexibility index (Phi) is 9.11. The summed E-state index contributed by atoms with van der Waals surface area (Å²) in [6.07, 6.45) is 1.81. The highest BCUT2D eigenvalue weighted by atomic mass is 16.5. The Morgan fingerprint density at radius 1 is 1.00 bits per heavy atom. The minimum atomic E-state index is -0.414. The van der Waals surface area contributed by atoms with Crippen molar-refractivity contribution in [3.05, 3.63) is 71.3 Å². The number of nitrogens with zero attached hydrogens (tertiary/aromatic N) is 2. The molecule has 2 amide bonds. The molecule has 1 saturated heterocycles. The number of amides is 2. The van der Waals surface area contributed by atoms with Crippen molar-refractivity contribution in [3.8, 4) is 0 Å². The van der Waals surface area contributed by atoms with Crippen LogP contribution in [-0.2, 0) is 28.0 Å². The molecule has 0 aromatic heterocycles. The highest BCUT2D eigenvalue weighted by Crippen LogP contribution is 2.24. The van der Waals surface area contributed by atoms with Gasteiger partial charge in [-0.15, -0.1) is 0 Å². The zero-order valence-electron chi connectivity index (χ0n) is 21.0. The summed E-state index contributed by atoms with van der Waals surface area (Å²) in [5, 5.41) is 2.77. The number of urea groups is 1. The van der Waals surface area contributed by atoms with Crippen LogP contribution in [-0.4, -0.2) is 54.1 Å². The molecular weight excluding hydrogens is 426 g/mol. The minimum Gasteiger partial charge on any atom is -0.465 e. The van der Waals surface area contributed by atoms with E-state index in [-0.39, 0.29) is 24.0 Å². The van der Waals surface area contributed by atoms with Crippen LogP contribution in [0.4, 0.5) is 4.79 Å². The average molecular weight is 466 g/mol. The van der Waals surface area contributed by atoms with Crippen LogP contribution in [0.1, 0.15) is 57.2 Å². The molecule has 0 atom stereocenters. The number of carbonyl (C=O) groups excluding carboxylic acids is 2. The molecule has 2 aromatic rings. The summed E-state index contributed by atoms with van der Waals surface area (Å²) in [6, 6.07) is 18.9. The van der Waals surface area contributed by atoms with E-state index in [9.17, 15) is 9.59 Å². The first-order valence-electron chi connectivity index (χ1n) is 12.3. The molecule has 1 heterocycles. The summed E-state index contributed by atoms with van der Waals surface area (Å²) in [6.45, 7) is 11.8. The van der Waals surface area contributed by atoms with E-state index in [0.29, 0.717) is 13.2 Å². The second kappa shape index (κ2) is 12.0. The van der Waals surface area contributed by atoms with Crippen LogP contribution in [0, 0.1) is 0 Å². The van der Waals surface area contributed by atoms with E-state index in [2.05, 4.69) is 79.5 Å². The smallest absolute Gasteiger partial charge is 0.325 e. The lowest BCUT2D eigenvalue weighted by Crippen LogP contribution is -2.51. The van der Waals surface area contributed by atoms with E-state index in [1.165, 1.54) is 11.1 Å². The fraction of sp³-hybridized carbons (Fsp3) is 0.500. The highest BCUT2D eigenvalue weighted by Gasteiger charge is 2.28. The third-order valence-electron chi connectivity index (χ3n) is 6.37. The van der Waals surface area contributed by atoms with Crippen LogP contribution in [0.15, 0.2) is 54.6 Å². The Balaban J connectivity index is 1.66. The van der Waals surface area contributed by atoms with Gasteiger partial charge in [0, 0.05) is 32.2 Å². The molecule has 0 unspecified atom stereocenters. The third kappa shape index (κ3) is 7.59. The van der Waals surface area contributed by atoms with E-state index < -0.39 is 5.97 Å². The largest absolute Gasteiger partial charge is 0.465 e. The summed E-state index contributed by atoms with van der Waals surface area (Å²) in [5.41, 5.74) is 3.75. The molecule has 6 nitrogen and oxygen atoms in total. The van der Waals surface area contributed by atoms with Crippen molar-refractivity contribution in [1.82, 2.24) is 15.1 Å². The maximum absolute atomic E-state index is 13.1. The fourth-order valence-electron chi connectivity index (χ4n) is 4.37. The zero-order chi connectivity index (χ0) is 24.6. The van der Waals surface area contributed by atoms with Gasteiger partial charge in [0.2, 0.25) is 0 Å². The second-order valence-corrected chi connectivity index (χ2v) is 10.0. The summed E-state index contributed by atoms with van der Waals surface area (Å²) >= 11 is 0. The van der Waals surface area contributed by atoms with Crippen LogP contribution in [0.3, 0.4) is 0 Å². The molecule has 0 saturated carbocycles. The zero-order valence-corrected chi connectivity index (χ0v) is 21.0. The Morgan fingerprint density at radius 3 is 2.24 bits per heavy atom. The number of rotatable bonds is 8. The third-order valence-corrected chi connectivity index (χ3v) is 6.37. The van der Waals surface area contributed by atoms with Crippen LogP contribution in [0.5, 0.6) is 0 Å². The lowest BCUT2D eigenvalue weighted by molar-refractivity contribution is -0.141. The standard InChI is InChI=1S/C28H39N3O3/c1-5-34-26(32)19-29-27(33)31(21-23-11-13-24(14-12-23)28(2,3)4)25-15-17-30(18-16-25)20-22-9-7-6-8-10-22/h6-14,25H,5,15-21H2,1-4H3,(H,29,33). The number of hydrogen-bond acceptors (Lipinski definition) is 4. The maximum atomic E-state index is 13.1. The van der Waals surface area contributed by atoms with Crippen LogP contribution >= 0.6 is 0 Å². The highest BCUT2D eigenvalue weighted by molar-refractivity contribution is 5.81. The Morgan fingerprint density at radius 2 is 1.65 bits per heavy atom. The Hall–Kier alpha value is -2.86. The molecular formula is C28H39N3O3. The normalized spacial score (nSPS) is 15.1. The molecule has 0 aliphatic carbocycles. The summed E-state index contributed by atoms with van der Waals surface area (Å²) in [4.78, 5) is 29.3. The summed E-state index contributed by atoms with van der Waals surface area (Å²) in [5.74, 6) is -0.414. The molecule has 0 radical (unpaired) electrons. The molecule has 3 rings (SSSR count). The van der Waals surface area contributed by atoms with E-state index >= 15 is 0 Å². The maximum Gasteiger partial charge on any atom is 0.325 e. The number of piperidine rings is 1. The topological polar surface area (TPSA) is 61.9 Å². The van der Waals surface area contributed by atoms with Gasteiger partial charge in [0.25, 0.3) is 0 Å². The predicted molar refractivity (Wildman–Crippen MR) is 135 cm³/mol. The quantitative estimate of drug-likeness (QED) is 0.573. The van der Waals surface area contributed by atoms with Gasteiger partial charge in [0.05, 0.1) is 6.61 Å². The van der Waals surface area contributed by atoms with Crippen molar-refractivity contribution >= 4 is 12.0 Å². The number of carbonyl (C=O) groups is 2. The van der Waals surface area contributed by atoms with Crippen molar-refractivity contribution in [1.29, 1.82) is 0 Å². The van der Waals surface area contributed by atoms with Gasteiger partial charge in [-0.05, 0) is 41.9 Å². The van der Waals surface area contributed by atoms with Crippen molar-refractivity contribution in [2.45, 2.75) is 65.1 Å². The monoisotopic (exact) mass is 465 g/mol. The molecule has 1 fully saturated rings. The minimum absolute atomic E-state index is 0.0841. The Labute approximate surface area is 204 Å². The molecule has 1 aliphatic heterocycles. The first kappa shape index (κ1) is 25.8. The van der Waals surface area contributed by atoms with Crippen molar-refractivity contribution in [2.75, 3.05) is 26.2 Å². The number of likely N-dealkylation sites (tertiary alicyclic amines) is 1. The van der Waals surface area contributed by atoms with E-state index in [0.717, 1.165) is 38.0 Å². The number of benzene rings is 2. The molecule has 184 valence electrons. The molecule has 0 spiro atoms. The lowest BCUT2D eigenvalue weighted by atomic mass is 9.86. The average Bonchev–Trinajstić information content (AvgIpc) is 2.82. The van der Waals surface area contributed by atoms with E-state index in [1.54, 1.807) is 6.92 Å². The molecule has 1 N–H and O–H groups in total. The number of esters is 1. The van der Waals surface area contributed by atoms with Gasteiger partial charge in [0.15, 0.2) is 0 Å². The molecule has 6 heteroatoms. The fourth-order valence-corrected chi connectivity index (χ4v) is 4.37. The molecule has 34 heavy (non-hydrogen) atoms. The van der Waals surface area contributed by atoms with Crippen molar-refractivity contribution in [3.63, 3.8) is 0 Å². The SMILES string of the molecule is CCOC(=O)CNC(=O)N(Cc1ccc(C(C)(C)C)cc1)C1CCN(Cc2ccccc2)CC1. The van der Waals surface area contributed by atoms with E-state index in [4.69, 9.17) is 4.74 Å². The lowest BCUT2D eigenvalue weighted by Gasteiger charge is -2.38. The summed E-state index contributed by atoms with van der Waals surface area (Å²) < 4.78 is 4.97. The van der Waals surface area contributed by atoms with Gasteiger partial charge in [-0.25, -0.2) is 4.79 Å². The van der Waals surface area contributed by atoms with Gasteiger partial charge in [-0.3, -0.25) is 9.69 Å². The number of hydrogen-bond donors (Lipinski definition) is 1. The van der Waals surface area contributed by atoms with Gasteiger partial charge < -0.3 is 15.0 Å². The molecule has 0 bridgehead atoms. The van der Waals surface area contributed by atoms with Gasteiger partial charge in [-0.2, -0.15) is 0 Å². The number of nitrogens with one attached hydrogen (secondary N) is 1. The second-order valence-electron chi connectivity index (χ2n) is 10.0. The predicted octanol–water partition coefficient (Wildman–Crippen LogP) is 4.72. The van der Waals surface area contributed by atoms with Gasteiger partial charge in [-0.1, -0.05) is 75.4 Å². The van der Waals surface area contributed by atoms with Crippen LogP contribution in [0.25, 0.3) is 0 Å². The first-order valence-corrected chi connectivity index (χ1v) is 12.3. The number of ether oxygens (including phenoxy) is 1. The van der Waals surface area contributed by atoms with Gasteiger partial charge >= 0.3 is 12.0 Å². The molecule has 2 aromatic carbocycles. The van der Waals surface area contributed by atoms with Crippen LogP contribution in [0.2, 0.25) is 0 Å². The van der Waals surface area contributed by atoms with Crippen molar-refractivity contribution < 1.29 is 14.3 Å². The molecule has 1 aliphatic rings. The van der Waals surface area contributed by atoms with Crippen LogP contribution < -0.4 is 5.32 Å². The summed E-state index contributed by atoms with van der Waals surface area (Å²) in [7, 11) is 0.